The van der Waals surface area contributed by atoms with Crippen molar-refractivity contribution in [3.05, 3.63) is 56.8 Å². The standard InChI is InChI=1S/C28H31NO6S/c1-7-16-23(31)22-19(30)13-20(34-25(22)28(8-2,9-3)24(16)32)18-14-36-21-11-10-15(12-17(18)21)29-26(33)35-27(4,5)6/h10-14,31H,7-9H2,1-6H3,(H,29,33). The number of carbonyl (C=O) groups is 2. The molecule has 0 unspecified atom stereocenters. The highest BCUT2D eigenvalue weighted by molar-refractivity contribution is 7.17. The molecule has 1 amide bonds. The van der Waals surface area contributed by atoms with E-state index in [4.69, 9.17) is 9.15 Å². The van der Waals surface area contributed by atoms with E-state index in [-0.39, 0.29) is 28.4 Å². The SMILES string of the molecule is CCC1=C(O)c2c(oc(-c3csc4ccc(NC(=O)OC(C)(C)C)cc34)cc2=O)C(CC)(CC)C1=O. The Labute approximate surface area is 213 Å². The van der Waals surface area contributed by atoms with E-state index >= 15 is 0 Å². The number of aliphatic hydroxyl groups is 1. The van der Waals surface area contributed by atoms with Gasteiger partial charge in [-0.05, 0) is 58.2 Å². The van der Waals surface area contributed by atoms with Crippen molar-refractivity contribution in [3.8, 4) is 11.3 Å². The molecule has 0 atom stereocenters. The molecular weight excluding hydrogens is 478 g/mol. The molecule has 190 valence electrons. The number of carbonyl (C=O) groups excluding carboxylic acids is 2. The van der Waals surface area contributed by atoms with Crippen LogP contribution in [-0.2, 0) is 14.9 Å². The zero-order chi connectivity index (χ0) is 26.4. The molecule has 0 fully saturated rings. The van der Waals surface area contributed by atoms with Crippen molar-refractivity contribution in [1.29, 1.82) is 0 Å². The second kappa shape index (κ2) is 9.24. The summed E-state index contributed by atoms with van der Waals surface area (Å²) in [4.78, 5) is 39.0. The Balaban J connectivity index is 1.86. The van der Waals surface area contributed by atoms with Crippen LogP contribution in [0, 0.1) is 0 Å². The molecule has 0 radical (unpaired) electrons. The molecule has 7 nitrogen and oxygen atoms in total. The van der Waals surface area contributed by atoms with E-state index in [1.165, 1.54) is 17.4 Å². The van der Waals surface area contributed by atoms with Crippen LogP contribution < -0.4 is 10.7 Å². The van der Waals surface area contributed by atoms with E-state index in [0.29, 0.717) is 36.3 Å². The summed E-state index contributed by atoms with van der Waals surface area (Å²) in [5, 5.41) is 16.2. The molecule has 36 heavy (non-hydrogen) atoms. The number of hydrogen-bond acceptors (Lipinski definition) is 7. The maximum Gasteiger partial charge on any atom is 0.412 e. The first-order valence-electron chi connectivity index (χ1n) is 12.1. The molecule has 0 bridgehead atoms. The van der Waals surface area contributed by atoms with Crippen molar-refractivity contribution < 1.29 is 23.8 Å². The number of ketones is 1. The van der Waals surface area contributed by atoms with Crippen LogP contribution in [0.25, 0.3) is 27.2 Å². The summed E-state index contributed by atoms with van der Waals surface area (Å²) in [5.74, 6) is 0.0528. The third-order valence-electron chi connectivity index (χ3n) is 6.66. The second-order valence-corrected chi connectivity index (χ2v) is 10.9. The van der Waals surface area contributed by atoms with Gasteiger partial charge in [0.1, 0.15) is 28.4 Å². The highest BCUT2D eigenvalue weighted by Gasteiger charge is 2.48. The van der Waals surface area contributed by atoms with E-state index in [1.807, 2.05) is 25.3 Å². The quantitative estimate of drug-likeness (QED) is 0.377. The molecule has 0 aliphatic heterocycles. The highest BCUT2D eigenvalue weighted by Crippen LogP contribution is 2.45. The minimum atomic E-state index is -1.02. The number of anilines is 1. The number of rotatable bonds is 5. The largest absolute Gasteiger partial charge is 0.507 e. The van der Waals surface area contributed by atoms with Gasteiger partial charge in [0.25, 0.3) is 0 Å². The van der Waals surface area contributed by atoms with Gasteiger partial charge in [-0.3, -0.25) is 14.9 Å². The monoisotopic (exact) mass is 509 g/mol. The van der Waals surface area contributed by atoms with E-state index in [1.54, 1.807) is 39.8 Å². The third kappa shape index (κ3) is 4.23. The maximum atomic E-state index is 13.5. The van der Waals surface area contributed by atoms with Crippen LogP contribution in [0.1, 0.15) is 72.1 Å². The van der Waals surface area contributed by atoms with Crippen molar-refractivity contribution in [1.82, 2.24) is 0 Å². The summed E-state index contributed by atoms with van der Waals surface area (Å²) in [6.07, 6.45) is 0.636. The summed E-state index contributed by atoms with van der Waals surface area (Å²) < 4.78 is 12.6. The van der Waals surface area contributed by atoms with Crippen LogP contribution in [0.3, 0.4) is 0 Å². The number of nitrogens with one attached hydrogen (secondary N) is 1. The molecule has 1 aromatic carbocycles. The molecule has 0 saturated heterocycles. The Kier molecular flexibility index (Phi) is 6.60. The lowest BCUT2D eigenvalue weighted by Gasteiger charge is -2.35. The number of thiophene rings is 1. The summed E-state index contributed by atoms with van der Waals surface area (Å²) in [5.41, 5.74) is -0.490. The number of Topliss-reactive ketones (excluding diaryl/α,β-unsaturated/α-hetero) is 1. The Hall–Kier alpha value is -3.39. The zero-order valence-electron chi connectivity index (χ0n) is 21.4. The number of benzene rings is 1. The van der Waals surface area contributed by atoms with Crippen molar-refractivity contribution in [3.63, 3.8) is 0 Å². The molecule has 1 aliphatic rings. The van der Waals surface area contributed by atoms with Gasteiger partial charge in [-0.15, -0.1) is 11.3 Å². The van der Waals surface area contributed by atoms with Crippen LogP contribution in [-0.4, -0.2) is 22.6 Å². The first-order chi connectivity index (χ1) is 17.0. The van der Waals surface area contributed by atoms with Crippen LogP contribution in [0.2, 0.25) is 0 Å². The van der Waals surface area contributed by atoms with Crippen molar-refractivity contribution in [2.24, 2.45) is 0 Å². The van der Waals surface area contributed by atoms with Crippen molar-refractivity contribution >= 4 is 44.7 Å². The van der Waals surface area contributed by atoms with Gasteiger partial charge in [0.05, 0.1) is 5.41 Å². The maximum absolute atomic E-state index is 13.5. The van der Waals surface area contributed by atoms with Gasteiger partial charge in [-0.2, -0.15) is 0 Å². The number of ether oxygens (including phenoxy) is 1. The van der Waals surface area contributed by atoms with Crippen molar-refractivity contribution in [2.75, 3.05) is 5.32 Å². The summed E-state index contributed by atoms with van der Waals surface area (Å²) in [6.45, 7) is 10.9. The topological polar surface area (TPSA) is 106 Å². The third-order valence-corrected chi connectivity index (χ3v) is 7.62. The van der Waals surface area contributed by atoms with Gasteiger partial charge in [0, 0.05) is 38.4 Å². The zero-order valence-corrected chi connectivity index (χ0v) is 22.2. The average molecular weight is 510 g/mol. The summed E-state index contributed by atoms with van der Waals surface area (Å²) >= 11 is 1.47. The molecule has 2 heterocycles. The number of aliphatic hydroxyl groups excluding tert-OH is 1. The van der Waals surface area contributed by atoms with Crippen LogP contribution in [0.5, 0.6) is 0 Å². The second-order valence-electron chi connectivity index (χ2n) is 9.97. The van der Waals surface area contributed by atoms with Gasteiger partial charge in [0.2, 0.25) is 0 Å². The van der Waals surface area contributed by atoms with Gasteiger partial charge in [-0.25, -0.2) is 4.79 Å². The van der Waals surface area contributed by atoms with E-state index < -0.39 is 22.5 Å². The van der Waals surface area contributed by atoms with Crippen LogP contribution in [0.15, 0.2) is 44.4 Å². The molecule has 0 spiro atoms. The Morgan fingerprint density at radius 2 is 1.83 bits per heavy atom. The smallest absolute Gasteiger partial charge is 0.412 e. The lowest BCUT2D eigenvalue weighted by atomic mass is 9.68. The Morgan fingerprint density at radius 1 is 1.14 bits per heavy atom. The van der Waals surface area contributed by atoms with E-state index in [9.17, 15) is 19.5 Å². The fourth-order valence-electron chi connectivity index (χ4n) is 4.78. The molecule has 4 rings (SSSR count). The normalized spacial score (nSPS) is 15.2. The lowest BCUT2D eigenvalue weighted by molar-refractivity contribution is -0.122. The fraction of sp³-hybridized carbons (Fsp3) is 0.393. The summed E-state index contributed by atoms with van der Waals surface area (Å²) in [6, 6.07) is 6.82. The average Bonchev–Trinajstić information content (AvgIpc) is 3.22. The molecule has 3 aromatic rings. The molecular formula is C28H31NO6S. The molecule has 8 heteroatoms. The molecule has 1 aliphatic carbocycles. The number of fused-ring (bicyclic) bond motifs is 2. The van der Waals surface area contributed by atoms with Crippen LogP contribution in [0.4, 0.5) is 10.5 Å². The first kappa shape index (κ1) is 25.7. The minimum Gasteiger partial charge on any atom is -0.507 e. The van der Waals surface area contributed by atoms with E-state index in [2.05, 4.69) is 5.32 Å². The van der Waals surface area contributed by atoms with Gasteiger partial charge in [0.15, 0.2) is 11.2 Å². The Bertz CT molecular complexity index is 1450. The van der Waals surface area contributed by atoms with Crippen LogP contribution >= 0.6 is 11.3 Å². The number of amides is 1. The Morgan fingerprint density at radius 3 is 2.44 bits per heavy atom. The van der Waals surface area contributed by atoms with E-state index in [0.717, 1.165) is 10.1 Å². The molecule has 0 saturated carbocycles. The predicted molar refractivity (Wildman–Crippen MR) is 143 cm³/mol. The van der Waals surface area contributed by atoms with Gasteiger partial charge < -0.3 is 14.3 Å². The molecule has 2 aromatic heterocycles. The van der Waals surface area contributed by atoms with Gasteiger partial charge >= 0.3 is 6.09 Å². The minimum absolute atomic E-state index is 0.0747. The first-order valence-corrected chi connectivity index (χ1v) is 13.0. The van der Waals surface area contributed by atoms with Crippen molar-refractivity contribution in [2.45, 2.75) is 71.8 Å². The highest BCUT2D eigenvalue weighted by atomic mass is 32.1. The number of hydrogen-bond donors (Lipinski definition) is 2. The predicted octanol–water partition coefficient (Wildman–Crippen LogP) is 7.19. The number of allylic oxidation sites excluding steroid dienone is 1. The summed E-state index contributed by atoms with van der Waals surface area (Å²) in [7, 11) is 0. The molecule has 2 N–H and O–H groups in total. The van der Waals surface area contributed by atoms with Gasteiger partial charge in [-0.1, -0.05) is 20.8 Å². The lowest BCUT2D eigenvalue weighted by Crippen LogP contribution is -2.41. The fourth-order valence-corrected chi connectivity index (χ4v) is 5.71.